The van der Waals surface area contributed by atoms with Gasteiger partial charge in [-0.05, 0) is 37.8 Å². The Morgan fingerprint density at radius 3 is 0.775 bits per heavy atom. The summed E-state index contributed by atoms with van der Waals surface area (Å²) in [4.78, 5) is 20.9. The monoisotopic (exact) mass is 563 g/mol. The fourth-order valence-electron chi connectivity index (χ4n) is 4.96. The third-order valence-corrected chi connectivity index (χ3v) is 7.51. The number of hydrogen-bond donors (Lipinski definition) is 2. The van der Waals surface area contributed by atoms with Gasteiger partial charge in [0.1, 0.15) is 0 Å². The molecule has 236 valence electrons. The summed E-state index contributed by atoms with van der Waals surface area (Å²) in [5.41, 5.74) is 10.0. The van der Waals surface area contributed by atoms with Crippen molar-refractivity contribution in [2.45, 2.75) is 194 Å². The van der Waals surface area contributed by atoms with Gasteiger partial charge in [0.05, 0.1) is 0 Å². The molecule has 0 aromatic heterocycles. The Hall–Kier alpha value is -1.58. The molecular weight excluding hydrogens is 492 g/mol. The molecule has 0 aliphatic heterocycles. The minimum absolute atomic E-state index is 0.334. The lowest BCUT2D eigenvalue weighted by Gasteiger charge is -2.02. The Kier molecular flexibility index (Phi) is 37.9. The van der Waals surface area contributed by atoms with Crippen molar-refractivity contribution in [2.75, 3.05) is 0 Å². The molecule has 0 aromatic rings. The van der Waals surface area contributed by atoms with Crippen LogP contribution in [0.4, 0.5) is 0 Å². The highest BCUT2D eigenvalue weighted by Crippen LogP contribution is 2.14. The molecule has 0 fully saturated rings. The molecule has 40 heavy (non-hydrogen) atoms. The van der Waals surface area contributed by atoms with Crippen LogP contribution in [0.2, 0.25) is 0 Å². The van der Waals surface area contributed by atoms with E-state index in [1.165, 1.54) is 179 Å². The van der Waals surface area contributed by atoms with E-state index in [-0.39, 0.29) is 11.8 Å². The lowest BCUT2D eigenvalue weighted by atomic mass is 10.0. The number of amides is 2. The van der Waals surface area contributed by atoms with Gasteiger partial charge < -0.3 is 11.5 Å². The molecule has 4 heteroatoms. The van der Waals surface area contributed by atoms with Crippen LogP contribution in [0, 0.1) is 0 Å². The first-order valence-electron chi connectivity index (χ1n) is 17.5. The number of hydrogen-bond acceptors (Lipinski definition) is 2. The highest BCUT2D eigenvalue weighted by Gasteiger charge is 1.95. The summed E-state index contributed by atoms with van der Waals surface area (Å²) in [6.45, 7) is 4.54. The molecule has 0 bridgehead atoms. The molecule has 4 N–H and O–H groups in total. The van der Waals surface area contributed by atoms with Crippen molar-refractivity contribution in [1.29, 1.82) is 0 Å². The molecule has 0 saturated heterocycles. The van der Waals surface area contributed by atoms with E-state index in [2.05, 4.69) is 13.8 Å². The van der Waals surface area contributed by atoms with Crippen LogP contribution < -0.4 is 11.5 Å². The lowest BCUT2D eigenvalue weighted by Crippen LogP contribution is -2.05. The van der Waals surface area contributed by atoms with Gasteiger partial charge >= 0.3 is 0 Å². The second-order valence-electron chi connectivity index (χ2n) is 11.7. The van der Waals surface area contributed by atoms with Gasteiger partial charge in [-0.3, -0.25) is 9.59 Å². The Morgan fingerprint density at radius 1 is 0.375 bits per heavy atom. The Labute approximate surface area is 250 Å². The van der Waals surface area contributed by atoms with E-state index in [9.17, 15) is 9.59 Å². The normalized spacial score (nSPS) is 11.2. The van der Waals surface area contributed by atoms with E-state index in [1.54, 1.807) is 0 Å². The van der Waals surface area contributed by atoms with E-state index in [4.69, 9.17) is 11.5 Å². The average molecular weight is 563 g/mol. The Bertz CT molecular complexity index is 521. The SMILES string of the molecule is CCCCCCCCCCCCCCC/C=C/C(N)=O.CCCCCCCCCCCCCCC/C=C/C(N)=O. The molecular formula is C36H70N2O2. The summed E-state index contributed by atoms with van der Waals surface area (Å²) in [5, 5.41) is 0. The van der Waals surface area contributed by atoms with Gasteiger partial charge in [-0.2, -0.15) is 0 Å². The van der Waals surface area contributed by atoms with E-state index in [1.807, 2.05) is 12.2 Å². The van der Waals surface area contributed by atoms with E-state index < -0.39 is 0 Å². The molecule has 0 rings (SSSR count). The fourth-order valence-corrected chi connectivity index (χ4v) is 4.96. The Balaban J connectivity index is 0. The summed E-state index contributed by atoms with van der Waals surface area (Å²) < 4.78 is 0. The van der Waals surface area contributed by atoms with E-state index >= 15 is 0 Å². The summed E-state index contributed by atoms with van der Waals surface area (Å²) in [5.74, 6) is -0.667. The van der Waals surface area contributed by atoms with Gasteiger partial charge in [-0.15, -0.1) is 0 Å². The maximum atomic E-state index is 10.5. The molecule has 0 spiro atoms. The van der Waals surface area contributed by atoms with Crippen LogP contribution in [0.3, 0.4) is 0 Å². The van der Waals surface area contributed by atoms with Gasteiger partial charge in [0.2, 0.25) is 11.8 Å². The first kappa shape index (κ1) is 40.6. The molecule has 0 saturated carbocycles. The number of rotatable bonds is 30. The van der Waals surface area contributed by atoms with Crippen LogP contribution in [0.15, 0.2) is 24.3 Å². The minimum atomic E-state index is -0.334. The van der Waals surface area contributed by atoms with Crippen LogP contribution in [0.25, 0.3) is 0 Å². The standard InChI is InChI=1S/2C18H35NO/c2*1-2-3-4-5-6-7-8-9-10-11-12-13-14-15-16-17-18(19)20/h2*16-17H,2-15H2,1H3,(H2,19,20)/b2*17-16+. The highest BCUT2D eigenvalue weighted by molar-refractivity contribution is 5.85. The number of primary amides is 2. The van der Waals surface area contributed by atoms with Crippen LogP contribution >= 0.6 is 0 Å². The van der Waals surface area contributed by atoms with Crippen molar-refractivity contribution < 1.29 is 9.59 Å². The smallest absolute Gasteiger partial charge is 0.241 e. The number of allylic oxidation sites excluding steroid dienone is 2. The molecule has 0 unspecified atom stereocenters. The maximum Gasteiger partial charge on any atom is 0.241 e. The summed E-state index contributed by atoms with van der Waals surface area (Å²) >= 11 is 0. The lowest BCUT2D eigenvalue weighted by molar-refractivity contribution is -0.114. The largest absolute Gasteiger partial charge is 0.366 e. The average Bonchev–Trinajstić information content (AvgIpc) is 2.93. The molecule has 0 aliphatic rings. The number of unbranched alkanes of at least 4 members (excludes halogenated alkanes) is 26. The van der Waals surface area contributed by atoms with Gasteiger partial charge in [0.15, 0.2) is 0 Å². The maximum absolute atomic E-state index is 10.5. The summed E-state index contributed by atoms with van der Waals surface area (Å²) in [7, 11) is 0. The van der Waals surface area contributed by atoms with Crippen molar-refractivity contribution in [2.24, 2.45) is 11.5 Å². The van der Waals surface area contributed by atoms with Gasteiger partial charge in [0, 0.05) is 0 Å². The van der Waals surface area contributed by atoms with E-state index in [0.717, 1.165) is 12.8 Å². The summed E-state index contributed by atoms with van der Waals surface area (Å²) in [6.07, 6.45) is 44.5. The number of nitrogens with two attached hydrogens (primary N) is 2. The van der Waals surface area contributed by atoms with Crippen LogP contribution in [-0.2, 0) is 9.59 Å². The second-order valence-corrected chi connectivity index (χ2v) is 11.7. The highest BCUT2D eigenvalue weighted by atomic mass is 16.1. The molecule has 0 radical (unpaired) electrons. The van der Waals surface area contributed by atoms with Crippen molar-refractivity contribution in [1.82, 2.24) is 0 Å². The van der Waals surface area contributed by atoms with Crippen molar-refractivity contribution in [3.8, 4) is 0 Å². The van der Waals surface area contributed by atoms with E-state index in [0.29, 0.717) is 0 Å². The van der Waals surface area contributed by atoms with Crippen molar-refractivity contribution in [3.05, 3.63) is 24.3 Å². The van der Waals surface area contributed by atoms with Crippen LogP contribution in [0.5, 0.6) is 0 Å². The quantitative estimate of drug-likeness (QED) is 0.0673. The zero-order chi connectivity index (χ0) is 29.8. The predicted molar refractivity (Wildman–Crippen MR) is 177 cm³/mol. The number of carbonyl (C=O) groups is 2. The fraction of sp³-hybridized carbons (Fsp3) is 0.833. The molecule has 0 aliphatic carbocycles. The van der Waals surface area contributed by atoms with Crippen LogP contribution in [-0.4, -0.2) is 11.8 Å². The minimum Gasteiger partial charge on any atom is -0.366 e. The third kappa shape index (κ3) is 43.5. The van der Waals surface area contributed by atoms with Gasteiger partial charge in [-0.1, -0.05) is 180 Å². The predicted octanol–water partition coefficient (Wildman–Crippen LogP) is 11.0. The van der Waals surface area contributed by atoms with Crippen LogP contribution in [0.1, 0.15) is 194 Å². The van der Waals surface area contributed by atoms with Gasteiger partial charge in [-0.25, -0.2) is 0 Å². The Morgan fingerprint density at radius 2 is 0.575 bits per heavy atom. The molecule has 0 heterocycles. The zero-order valence-electron chi connectivity index (χ0n) is 27.1. The molecule has 0 aromatic carbocycles. The second kappa shape index (κ2) is 37.4. The summed E-state index contributed by atoms with van der Waals surface area (Å²) in [6, 6.07) is 0. The molecule has 4 nitrogen and oxygen atoms in total. The zero-order valence-corrected chi connectivity index (χ0v) is 27.1. The molecule has 0 atom stereocenters. The topological polar surface area (TPSA) is 86.2 Å². The van der Waals surface area contributed by atoms with Crippen molar-refractivity contribution in [3.63, 3.8) is 0 Å². The van der Waals surface area contributed by atoms with Gasteiger partial charge in [0.25, 0.3) is 0 Å². The third-order valence-electron chi connectivity index (χ3n) is 7.51. The first-order valence-corrected chi connectivity index (χ1v) is 17.5. The van der Waals surface area contributed by atoms with Crippen molar-refractivity contribution >= 4 is 11.8 Å². The number of carbonyl (C=O) groups excluding carboxylic acids is 2. The molecule has 2 amide bonds. The first-order chi connectivity index (χ1) is 19.5.